The Morgan fingerprint density at radius 3 is 2.62 bits per heavy atom. The largest absolute Gasteiger partial charge is 0.491 e. The third kappa shape index (κ3) is 6.44. The van der Waals surface area contributed by atoms with Crippen LogP contribution in [0.25, 0.3) is 0 Å². The van der Waals surface area contributed by atoms with Crippen LogP contribution in [0.15, 0.2) is 18.2 Å². The molecular formula is C15H22N4O4S. The van der Waals surface area contributed by atoms with Crippen molar-refractivity contribution in [3.8, 4) is 11.8 Å². The molecule has 1 aromatic rings. The van der Waals surface area contributed by atoms with Gasteiger partial charge in [0, 0.05) is 18.4 Å². The molecule has 0 aliphatic carbocycles. The number of nitrogens with one attached hydrogen (secondary N) is 2. The van der Waals surface area contributed by atoms with Gasteiger partial charge in [-0.05, 0) is 12.1 Å². The van der Waals surface area contributed by atoms with Crippen molar-refractivity contribution in [2.24, 2.45) is 10.6 Å². The number of ether oxygens (including phenoxy) is 1. The van der Waals surface area contributed by atoms with Gasteiger partial charge in [0.2, 0.25) is 5.91 Å². The van der Waals surface area contributed by atoms with Crippen LogP contribution in [-0.2, 0) is 15.0 Å². The highest BCUT2D eigenvalue weighted by Crippen LogP contribution is 2.27. The molecule has 0 fully saturated rings. The minimum absolute atomic E-state index is 0.0416. The van der Waals surface area contributed by atoms with E-state index in [-0.39, 0.29) is 34.9 Å². The first-order valence-corrected chi connectivity index (χ1v) is 8.86. The number of hydrogen-bond donors (Lipinski definition) is 3. The summed E-state index contributed by atoms with van der Waals surface area (Å²) >= 11 is 0. The first-order valence-electron chi connectivity index (χ1n) is 7.31. The van der Waals surface area contributed by atoms with E-state index in [4.69, 9.17) is 9.88 Å². The fraction of sp³-hybridized carbons (Fsp3) is 0.467. The minimum Gasteiger partial charge on any atom is -0.491 e. The van der Waals surface area contributed by atoms with Gasteiger partial charge in [0.1, 0.15) is 17.4 Å². The average Bonchev–Trinajstić information content (AvgIpc) is 2.49. The van der Waals surface area contributed by atoms with Crippen molar-refractivity contribution in [2.75, 3.05) is 17.9 Å². The third-order valence-electron chi connectivity index (χ3n) is 3.09. The molecule has 0 spiro atoms. The van der Waals surface area contributed by atoms with Gasteiger partial charge in [-0.2, -0.15) is 13.7 Å². The number of carbonyl (C=O) groups excluding carboxylic acids is 1. The lowest BCUT2D eigenvalue weighted by Crippen LogP contribution is -2.37. The molecule has 0 aliphatic rings. The average molecular weight is 354 g/mol. The lowest BCUT2D eigenvalue weighted by molar-refractivity contribution is -0.121. The van der Waals surface area contributed by atoms with Crippen LogP contribution in [0.1, 0.15) is 32.8 Å². The second-order valence-electron chi connectivity index (χ2n) is 6.02. The number of nitrogens with two attached hydrogens (primary N) is 1. The van der Waals surface area contributed by atoms with Crippen molar-refractivity contribution in [2.45, 2.75) is 27.2 Å². The van der Waals surface area contributed by atoms with Crippen molar-refractivity contribution >= 4 is 21.8 Å². The minimum atomic E-state index is -4.00. The van der Waals surface area contributed by atoms with E-state index in [0.29, 0.717) is 13.0 Å². The van der Waals surface area contributed by atoms with Crippen molar-refractivity contribution in [3.63, 3.8) is 0 Å². The van der Waals surface area contributed by atoms with E-state index in [0.717, 1.165) is 0 Å². The lowest BCUT2D eigenvalue weighted by Gasteiger charge is -2.25. The number of nitriles is 1. The summed E-state index contributed by atoms with van der Waals surface area (Å²) in [6, 6.07) is 6.44. The van der Waals surface area contributed by atoms with Crippen LogP contribution in [0.4, 0.5) is 5.69 Å². The molecule has 0 aromatic heterocycles. The topological polar surface area (TPSA) is 134 Å². The Bertz CT molecular complexity index is 738. The van der Waals surface area contributed by atoms with Crippen LogP contribution in [0.2, 0.25) is 0 Å². The van der Waals surface area contributed by atoms with Crippen LogP contribution in [0.3, 0.4) is 0 Å². The molecule has 0 saturated carbocycles. The van der Waals surface area contributed by atoms with Crippen molar-refractivity contribution in [1.82, 2.24) is 5.32 Å². The normalized spacial score (nSPS) is 11.5. The molecule has 0 radical (unpaired) electrons. The summed E-state index contributed by atoms with van der Waals surface area (Å²) in [4.78, 5) is 11.3. The van der Waals surface area contributed by atoms with Gasteiger partial charge in [0.25, 0.3) is 10.2 Å². The molecule has 132 valence electrons. The lowest BCUT2D eigenvalue weighted by atomic mass is 9.94. The van der Waals surface area contributed by atoms with E-state index < -0.39 is 10.2 Å². The summed E-state index contributed by atoms with van der Waals surface area (Å²) < 4.78 is 30.0. The van der Waals surface area contributed by atoms with Crippen LogP contribution in [0, 0.1) is 16.7 Å². The van der Waals surface area contributed by atoms with Gasteiger partial charge in [0.05, 0.1) is 12.3 Å². The summed E-state index contributed by atoms with van der Waals surface area (Å²) in [6.07, 6.45) is 0.400. The van der Waals surface area contributed by atoms with Gasteiger partial charge in [-0.15, -0.1) is 0 Å². The first kappa shape index (κ1) is 19.7. The van der Waals surface area contributed by atoms with E-state index in [9.17, 15) is 18.5 Å². The molecule has 0 atom stereocenters. The molecule has 4 N–H and O–H groups in total. The Kier molecular flexibility index (Phi) is 6.57. The second-order valence-corrected chi connectivity index (χ2v) is 7.31. The smallest absolute Gasteiger partial charge is 0.296 e. The van der Waals surface area contributed by atoms with Crippen LogP contribution < -0.4 is 19.9 Å². The van der Waals surface area contributed by atoms with Gasteiger partial charge >= 0.3 is 0 Å². The summed E-state index contributed by atoms with van der Waals surface area (Å²) in [5.41, 5.74) is -0.282. The van der Waals surface area contributed by atoms with Crippen molar-refractivity contribution < 1.29 is 17.9 Å². The maximum absolute atomic E-state index is 11.3. The van der Waals surface area contributed by atoms with Gasteiger partial charge in [0.15, 0.2) is 0 Å². The fourth-order valence-corrected chi connectivity index (χ4v) is 2.27. The van der Waals surface area contributed by atoms with E-state index >= 15 is 0 Å². The van der Waals surface area contributed by atoms with Crippen LogP contribution in [0.5, 0.6) is 5.75 Å². The molecule has 9 heteroatoms. The van der Waals surface area contributed by atoms with Crippen LogP contribution in [-0.4, -0.2) is 27.5 Å². The quantitative estimate of drug-likeness (QED) is 0.642. The zero-order valence-corrected chi connectivity index (χ0v) is 14.7. The standard InChI is InChI=1S/C15H22N4O4S/c1-4-14(20)18-9-15(2,3)10-23-13-7-5-6-12(11(13)8-16)19-24(17,21)22/h5-7,19H,4,9-10H2,1-3H3,(H,18,20)(H2,17,21,22). The highest BCUT2D eigenvalue weighted by Gasteiger charge is 2.21. The zero-order chi connectivity index (χ0) is 18.4. The maximum atomic E-state index is 11.3. The summed E-state index contributed by atoms with van der Waals surface area (Å²) in [5.74, 6) is 0.182. The van der Waals surface area contributed by atoms with E-state index in [1.807, 2.05) is 19.9 Å². The van der Waals surface area contributed by atoms with E-state index in [1.54, 1.807) is 19.1 Å². The van der Waals surface area contributed by atoms with Gasteiger partial charge in [-0.1, -0.05) is 26.8 Å². The van der Waals surface area contributed by atoms with Crippen molar-refractivity contribution in [1.29, 1.82) is 5.26 Å². The Hall–Kier alpha value is -2.31. The first-order chi connectivity index (χ1) is 11.1. The highest BCUT2D eigenvalue weighted by atomic mass is 32.2. The van der Waals surface area contributed by atoms with Crippen molar-refractivity contribution in [3.05, 3.63) is 23.8 Å². The molecule has 1 amide bonds. The monoisotopic (exact) mass is 354 g/mol. The predicted octanol–water partition coefficient (Wildman–Crippen LogP) is 1.10. The molecule has 8 nitrogen and oxygen atoms in total. The molecule has 0 aliphatic heterocycles. The molecule has 1 rings (SSSR count). The molecule has 0 unspecified atom stereocenters. The Balaban J connectivity index is 2.86. The van der Waals surface area contributed by atoms with Crippen LogP contribution >= 0.6 is 0 Å². The summed E-state index contributed by atoms with van der Waals surface area (Å²) in [7, 11) is -4.00. The van der Waals surface area contributed by atoms with Gasteiger partial charge in [-0.3, -0.25) is 9.52 Å². The number of carbonyl (C=O) groups is 1. The molecule has 24 heavy (non-hydrogen) atoms. The second kappa shape index (κ2) is 7.99. The SMILES string of the molecule is CCC(=O)NCC(C)(C)COc1cccc(NS(N)(=O)=O)c1C#N. The number of nitrogens with zero attached hydrogens (tertiary/aromatic N) is 1. The number of rotatable bonds is 8. The summed E-state index contributed by atoms with van der Waals surface area (Å²) in [5, 5.41) is 17.0. The molecular weight excluding hydrogens is 332 g/mol. The molecule has 0 bridgehead atoms. The predicted molar refractivity (Wildman–Crippen MR) is 90.5 cm³/mol. The number of amides is 1. The van der Waals surface area contributed by atoms with E-state index in [2.05, 4.69) is 10.0 Å². The number of benzene rings is 1. The Morgan fingerprint density at radius 2 is 2.08 bits per heavy atom. The zero-order valence-electron chi connectivity index (χ0n) is 13.9. The fourth-order valence-electron chi connectivity index (χ4n) is 1.79. The molecule has 1 aromatic carbocycles. The molecule has 0 saturated heterocycles. The van der Waals surface area contributed by atoms with E-state index in [1.165, 1.54) is 6.07 Å². The highest BCUT2D eigenvalue weighted by molar-refractivity contribution is 7.90. The Morgan fingerprint density at radius 1 is 1.42 bits per heavy atom. The third-order valence-corrected chi connectivity index (χ3v) is 3.60. The summed E-state index contributed by atoms with van der Waals surface area (Å²) in [6.45, 7) is 6.21. The number of anilines is 1. The van der Waals surface area contributed by atoms with Gasteiger partial charge < -0.3 is 10.1 Å². The maximum Gasteiger partial charge on any atom is 0.296 e. The number of hydrogen-bond acceptors (Lipinski definition) is 5. The Labute approximate surface area is 142 Å². The molecule has 0 heterocycles. The van der Waals surface area contributed by atoms with Gasteiger partial charge in [-0.25, -0.2) is 5.14 Å².